The standard InChI is InChI=1S/C29H44N5O5P/c1-8-12-27(34-19-17-32(6)18-20-34)16-15-24(4)33(7)23-30-25(5)39-28-14-11-13-26(21-28)31-29(35)22-40(36,37-9-2)38-10-3/h8,11-16,21,23-24H,1,5,9-10,17-20,22H2,2-4,6-7H3,(H,31,35)/b16-15-,27-12+,30-23?. The van der Waals surface area contributed by atoms with Gasteiger partial charge in [-0.1, -0.05) is 24.8 Å². The Bertz CT molecular complexity index is 1120. The van der Waals surface area contributed by atoms with Gasteiger partial charge in [0, 0.05) is 56.7 Å². The van der Waals surface area contributed by atoms with Gasteiger partial charge in [-0.05, 0) is 58.7 Å². The molecule has 0 saturated carbocycles. The van der Waals surface area contributed by atoms with Crippen molar-refractivity contribution in [2.45, 2.75) is 26.8 Å². The van der Waals surface area contributed by atoms with E-state index >= 15 is 0 Å². The van der Waals surface area contributed by atoms with Crippen LogP contribution in [-0.4, -0.2) is 92.6 Å². The van der Waals surface area contributed by atoms with E-state index in [0.717, 1.165) is 31.9 Å². The van der Waals surface area contributed by atoms with Crippen molar-refractivity contribution in [2.24, 2.45) is 4.99 Å². The number of carbonyl (C=O) groups is 1. The molecule has 40 heavy (non-hydrogen) atoms. The SMILES string of the molecule is C=C/C=C(\C=C/C(C)N(C)C=NC(=C)Oc1cccc(NC(=O)CP(=O)(OCC)OCC)c1)N1CCN(C)CC1. The van der Waals surface area contributed by atoms with Crippen LogP contribution in [0.4, 0.5) is 5.69 Å². The number of amides is 1. The Balaban J connectivity index is 1.92. The summed E-state index contributed by atoms with van der Waals surface area (Å²) in [5.41, 5.74) is 1.61. The van der Waals surface area contributed by atoms with Crippen molar-refractivity contribution in [2.75, 3.05) is 65.0 Å². The minimum atomic E-state index is -3.50. The number of allylic oxidation sites excluding steroid dienone is 3. The Morgan fingerprint density at radius 1 is 1.23 bits per heavy atom. The Labute approximate surface area is 239 Å². The van der Waals surface area contributed by atoms with Crippen LogP contribution in [0, 0.1) is 0 Å². The highest BCUT2D eigenvalue weighted by Gasteiger charge is 2.27. The molecule has 1 aromatic carbocycles. The average Bonchev–Trinajstić information content (AvgIpc) is 2.90. The number of likely N-dealkylation sites (N-methyl/N-ethyl adjacent to an activating group) is 2. The molecule has 1 aromatic rings. The summed E-state index contributed by atoms with van der Waals surface area (Å²) in [4.78, 5) is 23.4. The van der Waals surface area contributed by atoms with Crippen LogP contribution >= 0.6 is 7.60 Å². The van der Waals surface area contributed by atoms with Crippen molar-refractivity contribution in [3.05, 3.63) is 73.3 Å². The molecular formula is C29H44N5O5P. The molecule has 10 nitrogen and oxygen atoms in total. The number of hydrogen-bond acceptors (Lipinski definition) is 8. The summed E-state index contributed by atoms with van der Waals surface area (Å²) in [5, 5.41) is 2.70. The van der Waals surface area contributed by atoms with Gasteiger partial charge in [0.15, 0.2) is 0 Å². The third kappa shape index (κ3) is 11.5. The molecule has 11 heteroatoms. The monoisotopic (exact) mass is 573 g/mol. The van der Waals surface area contributed by atoms with E-state index in [-0.39, 0.29) is 31.3 Å². The molecule has 2 rings (SSSR count). The molecule has 1 fully saturated rings. The number of aliphatic imine (C=N–C) groups is 1. The minimum Gasteiger partial charge on any atom is -0.440 e. The number of benzene rings is 1. The lowest BCUT2D eigenvalue weighted by Gasteiger charge is -2.34. The number of piperazine rings is 1. The van der Waals surface area contributed by atoms with Gasteiger partial charge >= 0.3 is 7.60 Å². The zero-order valence-corrected chi connectivity index (χ0v) is 25.3. The molecule has 0 spiro atoms. The van der Waals surface area contributed by atoms with Gasteiger partial charge in [-0.2, -0.15) is 0 Å². The normalized spacial score (nSPS) is 15.8. The summed E-state index contributed by atoms with van der Waals surface area (Å²) >= 11 is 0. The Kier molecular flexibility index (Phi) is 13.9. The summed E-state index contributed by atoms with van der Waals surface area (Å²) in [5.74, 6) is 0.148. The van der Waals surface area contributed by atoms with E-state index in [0.29, 0.717) is 11.4 Å². The lowest BCUT2D eigenvalue weighted by molar-refractivity contribution is -0.114. The zero-order chi connectivity index (χ0) is 29.5. The predicted octanol–water partition coefficient (Wildman–Crippen LogP) is 4.96. The Morgan fingerprint density at radius 3 is 2.52 bits per heavy atom. The Hall–Kier alpha value is -3.17. The van der Waals surface area contributed by atoms with E-state index in [1.807, 2.05) is 24.1 Å². The van der Waals surface area contributed by atoms with E-state index in [9.17, 15) is 9.36 Å². The number of ether oxygens (including phenoxy) is 1. The lowest BCUT2D eigenvalue weighted by Crippen LogP contribution is -2.43. The molecule has 220 valence electrons. The first-order valence-electron chi connectivity index (χ1n) is 13.4. The molecule has 1 saturated heterocycles. The number of hydrogen-bond donors (Lipinski definition) is 1. The minimum absolute atomic E-state index is 0.0696. The van der Waals surface area contributed by atoms with Crippen LogP contribution in [0.15, 0.2) is 78.3 Å². The van der Waals surface area contributed by atoms with E-state index in [1.54, 1.807) is 44.5 Å². The van der Waals surface area contributed by atoms with E-state index in [2.05, 4.69) is 59.4 Å². The molecule has 1 atom stereocenters. The van der Waals surface area contributed by atoms with Gasteiger partial charge in [0.25, 0.3) is 0 Å². The molecule has 1 amide bonds. The van der Waals surface area contributed by atoms with Crippen molar-refractivity contribution in [3.63, 3.8) is 0 Å². The molecule has 1 unspecified atom stereocenters. The maximum atomic E-state index is 12.6. The highest BCUT2D eigenvalue weighted by molar-refractivity contribution is 7.54. The average molecular weight is 574 g/mol. The maximum absolute atomic E-state index is 12.6. The predicted molar refractivity (Wildman–Crippen MR) is 163 cm³/mol. The van der Waals surface area contributed by atoms with Crippen molar-refractivity contribution < 1.29 is 23.1 Å². The number of nitrogens with one attached hydrogen (secondary N) is 1. The van der Waals surface area contributed by atoms with Crippen LogP contribution in [0.3, 0.4) is 0 Å². The topological polar surface area (TPSA) is 95.9 Å². The second kappa shape index (κ2) is 16.8. The fourth-order valence-corrected chi connectivity index (χ4v) is 5.26. The van der Waals surface area contributed by atoms with Crippen LogP contribution in [0.1, 0.15) is 20.8 Å². The van der Waals surface area contributed by atoms with Crippen molar-refractivity contribution in [3.8, 4) is 5.75 Å². The van der Waals surface area contributed by atoms with E-state index in [1.165, 1.54) is 0 Å². The summed E-state index contributed by atoms with van der Waals surface area (Å²) in [6.45, 7) is 17.6. The maximum Gasteiger partial charge on any atom is 0.340 e. The fraction of sp³-hybridized carbons (Fsp3) is 0.448. The Morgan fingerprint density at radius 2 is 1.90 bits per heavy atom. The number of nitrogens with zero attached hydrogens (tertiary/aromatic N) is 4. The lowest BCUT2D eigenvalue weighted by atomic mass is 10.2. The molecule has 1 aliphatic heterocycles. The third-order valence-electron chi connectivity index (χ3n) is 6.07. The van der Waals surface area contributed by atoms with E-state index < -0.39 is 13.5 Å². The molecule has 1 heterocycles. The second-order valence-corrected chi connectivity index (χ2v) is 11.4. The molecule has 0 aromatic heterocycles. The largest absolute Gasteiger partial charge is 0.440 e. The van der Waals surface area contributed by atoms with Gasteiger partial charge in [-0.15, -0.1) is 0 Å². The number of rotatable bonds is 16. The smallest absolute Gasteiger partial charge is 0.340 e. The molecule has 0 radical (unpaired) electrons. The van der Waals surface area contributed by atoms with Crippen molar-refractivity contribution in [1.82, 2.24) is 14.7 Å². The summed E-state index contributed by atoms with van der Waals surface area (Å²) < 4.78 is 28.7. The molecular weight excluding hydrogens is 529 g/mol. The fourth-order valence-electron chi connectivity index (χ4n) is 3.78. The van der Waals surface area contributed by atoms with Crippen molar-refractivity contribution in [1.29, 1.82) is 0 Å². The van der Waals surface area contributed by atoms with Crippen LogP contribution in [0.2, 0.25) is 0 Å². The van der Waals surface area contributed by atoms with E-state index in [4.69, 9.17) is 13.8 Å². The summed E-state index contributed by atoms with van der Waals surface area (Å²) in [6.07, 6.45) is 9.37. The first-order valence-corrected chi connectivity index (χ1v) is 15.2. The van der Waals surface area contributed by atoms with Gasteiger partial charge in [0.05, 0.1) is 19.6 Å². The molecule has 0 aliphatic carbocycles. The summed E-state index contributed by atoms with van der Waals surface area (Å²) in [6, 6.07) is 6.84. The van der Waals surface area contributed by atoms with Crippen LogP contribution in [0.5, 0.6) is 5.75 Å². The molecule has 0 bridgehead atoms. The van der Waals surface area contributed by atoms with Gasteiger partial charge in [0.1, 0.15) is 11.9 Å². The third-order valence-corrected chi connectivity index (χ3v) is 8.05. The quantitative estimate of drug-likeness (QED) is 0.0975. The van der Waals surface area contributed by atoms with Gasteiger partial charge in [-0.25, -0.2) is 4.99 Å². The highest BCUT2D eigenvalue weighted by atomic mass is 31.2. The molecule has 1 aliphatic rings. The van der Waals surface area contributed by atoms with Gasteiger partial charge in [-0.3, -0.25) is 9.36 Å². The first kappa shape index (κ1) is 33.0. The van der Waals surface area contributed by atoms with Crippen molar-refractivity contribution >= 4 is 25.5 Å². The molecule has 1 N–H and O–H groups in total. The van der Waals surface area contributed by atoms with Gasteiger partial charge in [0.2, 0.25) is 11.8 Å². The van der Waals surface area contributed by atoms with Crippen LogP contribution in [0.25, 0.3) is 0 Å². The van der Waals surface area contributed by atoms with Crippen LogP contribution in [-0.2, 0) is 18.4 Å². The number of carbonyl (C=O) groups excluding carboxylic acids is 1. The number of anilines is 1. The van der Waals surface area contributed by atoms with Crippen LogP contribution < -0.4 is 10.1 Å². The second-order valence-electron chi connectivity index (χ2n) is 9.30. The highest BCUT2D eigenvalue weighted by Crippen LogP contribution is 2.47. The first-order chi connectivity index (χ1) is 19.1. The summed E-state index contributed by atoms with van der Waals surface area (Å²) in [7, 11) is 0.573. The van der Waals surface area contributed by atoms with Gasteiger partial charge < -0.3 is 33.8 Å². The zero-order valence-electron chi connectivity index (χ0n) is 24.4.